The van der Waals surface area contributed by atoms with E-state index in [2.05, 4.69) is 5.92 Å². The van der Waals surface area contributed by atoms with Crippen molar-refractivity contribution in [3.8, 4) is 12.3 Å². The van der Waals surface area contributed by atoms with Crippen molar-refractivity contribution in [3.05, 3.63) is 0 Å². The summed E-state index contributed by atoms with van der Waals surface area (Å²) >= 11 is 0. The van der Waals surface area contributed by atoms with E-state index < -0.39 is 11.2 Å². The number of aliphatic hydroxyl groups is 2. The Balaban J connectivity index is 4.39. The van der Waals surface area contributed by atoms with Crippen LogP contribution < -0.4 is 0 Å². The lowest BCUT2D eigenvalue weighted by atomic mass is 9.89. The van der Waals surface area contributed by atoms with Crippen molar-refractivity contribution in [1.29, 1.82) is 0 Å². The van der Waals surface area contributed by atoms with E-state index in [1.165, 1.54) is 20.8 Å². The molecule has 2 N–H and O–H groups in total. The van der Waals surface area contributed by atoms with E-state index in [0.29, 0.717) is 0 Å². The lowest BCUT2D eigenvalue weighted by molar-refractivity contribution is -0.0819. The van der Waals surface area contributed by atoms with Gasteiger partial charge in [0.2, 0.25) is 0 Å². The standard InChI is InChI=1S/C7H12O2/c1-5-7(4,9)6(2,3)8/h1,8-9H,2-4H3/t7-/m0/s1. The molecule has 0 radical (unpaired) electrons. The second-order valence-corrected chi connectivity index (χ2v) is 2.78. The minimum absolute atomic E-state index is 1.23. The van der Waals surface area contributed by atoms with Gasteiger partial charge in [-0.3, -0.25) is 0 Å². The summed E-state index contributed by atoms with van der Waals surface area (Å²) < 4.78 is 0. The normalized spacial score (nSPS) is 18.2. The molecule has 0 amide bonds. The zero-order valence-corrected chi connectivity index (χ0v) is 5.97. The van der Waals surface area contributed by atoms with Crippen molar-refractivity contribution in [3.63, 3.8) is 0 Å². The Morgan fingerprint density at radius 1 is 1.22 bits per heavy atom. The number of hydrogen-bond acceptors (Lipinski definition) is 2. The molecule has 0 unspecified atom stereocenters. The number of rotatable bonds is 1. The van der Waals surface area contributed by atoms with Crippen molar-refractivity contribution in [1.82, 2.24) is 0 Å². The van der Waals surface area contributed by atoms with E-state index >= 15 is 0 Å². The molecule has 0 aromatic rings. The highest BCUT2D eigenvalue weighted by molar-refractivity contribution is 5.12. The van der Waals surface area contributed by atoms with Gasteiger partial charge in [0.25, 0.3) is 0 Å². The molecule has 0 spiro atoms. The quantitative estimate of drug-likeness (QED) is 0.493. The Labute approximate surface area is 55.5 Å². The largest absolute Gasteiger partial charge is 0.386 e. The number of hydrogen-bond donors (Lipinski definition) is 2. The fourth-order valence-corrected chi connectivity index (χ4v) is 0.177. The molecular formula is C7H12O2. The van der Waals surface area contributed by atoms with Crippen LogP contribution in [0.1, 0.15) is 20.8 Å². The van der Waals surface area contributed by atoms with Crippen LogP contribution in [0.2, 0.25) is 0 Å². The fourth-order valence-electron chi connectivity index (χ4n) is 0.177. The molecule has 0 aromatic carbocycles. The van der Waals surface area contributed by atoms with E-state index in [9.17, 15) is 5.11 Å². The van der Waals surface area contributed by atoms with Gasteiger partial charge in [-0.15, -0.1) is 6.42 Å². The summed E-state index contributed by atoms with van der Waals surface area (Å²) in [5.41, 5.74) is -2.67. The molecular weight excluding hydrogens is 116 g/mol. The molecule has 9 heavy (non-hydrogen) atoms. The minimum atomic E-state index is -1.44. The highest BCUT2D eigenvalue weighted by Gasteiger charge is 2.35. The Kier molecular flexibility index (Phi) is 1.90. The second-order valence-electron chi connectivity index (χ2n) is 2.78. The van der Waals surface area contributed by atoms with Crippen LogP contribution in [0.4, 0.5) is 0 Å². The van der Waals surface area contributed by atoms with Crippen LogP contribution >= 0.6 is 0 Å². The molecule has 1 atom stereocenters. The Bertz CT molecular complexity index is 134. The van der Waals surface area contributed by atoms with Crippen LogP contribution in [0.5, 0.6) is 0 Å². The monoisotopic (exact) mass is 128 g/mol. The lowest BCUT2D eigenvalue weighted by Gasteiger charge is -2.30. The lowest BCUT2D eigenvalue weighted by Crippen LogP contribution is -2.46. The van der Waals surface area contributed by atoms with Crippen LogP contribution in [-0.4, -0.2) is 21.4 Å². The average Bonchev–Trinajstić information content (AvgIpc) is 1.64. The van der Waals surface area contributed by atoms with Crippen molar-refractivity contribution in [2.45, 2.75) is 32.0 Å². The third kappa shape index (κ3) is 1.70. The molecule has 0 fully saturated rings. The van der Waals surface area contributed by atoms with E-state index in [4.69, 9.17) is 11.5 Å². The Morgan fingerprint density at radius 2 is 1.56 bits per heavy atom. The highest BCUT2D eigenvalue weighted by Crippen LogP contribution is 2.19. The molecule has 0 rings (SSSR count). The van der Waals surface area contributed by atoms with Gasteiger partial charge in [0.15, 0.2) is 0 Å². The SMILES string of the molecule is C#C[C@](C)(O)C(C)(C)O. The summed E-state index contributed by atoms with van der Waals surface area (Å²) in [4.78, 5) is 0. The van der Waals surface area contributed by atoms with Gasteiger partial charge in [-0.25, -0.2) is 0 Å². The van der Waals surface area contributed by atoms with Crippen molar-refractivity contribution in [2.75, 3.05) is 0 Å². The minimum Gasteiger partial charge on any atom is -0.386 e. The molecule has 0 bridgehead atoms. The van der Waals surface area contributed by atoms with E-state index in [0.717, 1.165) is 0 Å². The molecule has 0 aliphatic heterocycles. The molecule has 0 aliphatic rings. The van der Waals surface area contributed by atoms with Crippen molar-refractivity contribution < 1.29 is 10.2 Å². The van der Waals surface area contributed by atoms with E-state index in [-0.39, 0.29) is 0 Å². The van der Waals surface area contributed by atoms with Gasteiger partial charge in [0.05, 0.1) is 5.60 Å². The fraction of sp³-hybridized carbons (Fsp3) is 0.714. The topological polar surface area (TPSA) is 40.5 Å². The van der Waals surface area contributed by atoms with Crippen molar-refractivity contribution >= 4 is 0 Å². The number of terminal acetylenes is 1. The second kappa shape index (κ2) is 2.02. The van der Waals surface area contributed by atoms with Crippen LogP contribution in [0, 0.1) is 12.3 Å². The summed E-state index contributed by atoms with van der Waals surface area (Å²) in [6, 6.07) is 0. The first-order valence-corrected chi connectivity index (χ1v) is 2.74. The molecule has 0 saturated heterocycles. The molecule has 0 aliphatic carbocycles. The summed E-state index contributed by atoms with van der Waals surface area (Å²) in [5.74, 6) is 2.09. The maximum absolute atomic E-state index is 9.17. The average molecular weight is 128 g/mol. The van der Waals surface area contributed by atoms with Gasteiger partial charge in [0, 0.05) is 0 Å². The van der Waals surface area contributed by atoms with Gasteiger partial charge >= 0.3 is 0 Å². The maximum Gasteiger partial charge on any atom is 0.150 e. The molecule has 0 heterocycles. The van der Waals surface area contributed by atoms with Crippen LogP contribution in [0.15, 0.2) is 0 Å². The van der Waals surface area contributed by atoms with Gasteiger partial charge < -0.3 is 10.2 Å². The zero-order chi connectivity index (χ0) is 7.71. The van der Waals surface area contributed by atoms with E-state index in [1.54, 1.807) is 0 Å². The predicted octanol–water partition coefficient (Wildman–Crippen LogP) is 0.141. The molecule has 2 nitrogen and oxygen atoms in total. The molecule has 52 valence electrons. The highest BCUT2D eigenvalue weighted by atomic mass is 16.3. The summed E-state index contributed by atoms with van der Waals surface area (Å²) in [5, 5.41) is 18.3. The Hall–Kier alpha value is -0.520. The summed E-state index contributed by atoms with van der Waals surface area (Å²) in [6.07, 6.45) is 4.93. The molecule has 0 saturated carbocycles. The zero-order valence-electron chi connectivity index (χ0n) is 5.97. The van der Waals surface area contributed by atoms with Gasteiger partial charge in [-0.05, 0) is 20.8 Å². The first kappa shape index (κ1) is 8.48. The third-order valence-corrected chi connectivity index (χ3v) is 1.47. The van der Waals surface area contributed by atoms with Crippen LogP contribution in [0.25, 0.3) is 0 Å². The first-order valence-electron chi connectivity index (χ1n) is 2.74. The molecule has 2 heteroatoms. The van der Waals surface area contributed by atoms with E-state index in [1.807, 2.05) is 0 Å². The first-order chi connectivity index (χ1) is 3.81. The smallest absolute Gasteiger partial charge is 0.150 e. The van der Waals surface area contributed by atoms with Gasteiger partial charge in [-0.2, -0.15) is 0 Å². The third-order valence-electron chi connectivity index (χ3n) is 1.47. The van der Waals surface area contributed by atoms with Gasteiger partial charge in [0.1, 0.15) is 5.60 Å². The van der Waals surface area contributed by atoms with Gasteiger partial charge in [-0.1, -0.05) is 5.92 Å². The van der Waals surface area contributed by atoms with Crippen molar-refractivity contribution in [2.24, 2.45) is 0 Å². The summed E-state index contributed by atoms with van der Waals surface area (Å²) in [6.45, 7) is 4.33. The predicted molar refractivity (Wildman–Crippen MR) is 35.8 cm³/mol. The Morgan fingerprint density at radius 3 is 1.56 bits per heavy atom. The molecule has 0 aromatic heterocycles. The summed E-state index contributed by atoms with van der Waals surface area (Å²) in [7, 11) is 0. The van der Waals surface area contributed by atoms with Crippen LogP contribution in [-0.2, 0) is 0 Å². The van der Waals surface area contributed by atoms with Crippen LogP contribution in [0.3, 0.4) is 0 Å². The maximum atomic E-state index is 9.17.